The number of amides is 3. The number of alkyl halides is 6. The van der Waals surface area contributed by atoms with E-state index in [0.29, 0.717) is 28.2 Å². The van der Waals surface area contributed by atoms with Gasteiger partial charge in [-0.1, -0.05) is 6.07 Å². The Morgan fingerprint density at radius 1 is 0.882 bits per heavy atom. The van der Waals surface area contributed by atoms with E-state index in [4.69, 9.17) is 0 Å². The van der Waals surface area contributed by atoms with Gasteiger partial charge in [-0.05, 0) is 101 Å². The van der Waals surface area contributed by atoms with Gasteiger partial charge in [0.15, 0.2) is 0 Å². The molecule has 0 saturated carbocycles. The number of piperazine rings is 1. The van der Waals surface area contributed by atoms with E-state index >= 15 is 0 Å². The standard InChI is InChI=1S/C34H43F7N4O6/c1-18-13-24(35)9-10-26(18)27-17-25(45-30(6,7)29(4,5)44(20(3)46)33(48,49)34(45,50)51)11-12-43(27)28(47)42(8)19(2)21-14-22(31(36,37)38)16-23(15-21)32(39,40)41/h9-10,13-16,19,25,27,48-51H,11-12,17H2,1-8H3. The van der Waals surface area contributed by atoms with Gasteiger partial charge in [-0.25, -0.2) is 14.1 Å². The Hall–Kier alpha value is -3.51. The number of aryl methyl sites for hydroxylation is 1. The van der Waals surface area contributed by atoms with Crippen molar-refractivity contribution in [2.75, 3.05) is 13.6 Å². The minimum Gasteiger partial charge on any atom is -0.347 e. The summed E-state index contributed by atoms with van der Waals surface area (Å²) in [7, 11) is 1.21. The number of carbonyl (C=O) groups excluding carboxylic acids is 2. The van der Waals surface area contributed by atoms with E-state index in [2.05, 4.69) is 0 Å². The van der Waals surface area contributed by atoms with E-state index in [-0.39, 0.29) is 25.5 Å². The van der Waals surface area contributed by atoms with Crippen molar-refractivity contribution in [2.24, 2.45) is 0 Å². The summed E-state index contributed by atoms with van der Waals surface area (Å²) < 4.78 is 96.1. The van der Waals surface area contributed by atoms with Crippen LogP contribution in [0.1, 0.15) is 94.3 Å². The third kappa shape index (κ3) is 6.78. The molecule has 0 aromatic heterocycles. The highest BCUT2D eigenvalue weighted by Crippen LogP contribution is 2.51. The molecule has 3 unspecified atom stereocenters. The quantitative estimate of drug-likeness (QED) is 0.242. The van der Waals surface area contributed by atoms with Crippen molar-refractivity contribution in [3.05, 3.63) is 70.0 Å². The van der Waals surface area contributed by atoms with Crippen LogP contribution in [0.25, 0.3) is 0 Å². The van der Waals surface area contributed by atoms with E-state index in [1.54, 1.807) is 20.8 Å². The number of benzene rings is 2. The summed E-state index contributed by atoms with van der Waals surface area (Å²) in [5, 5.41) is 45.2. The van der Waals surface area contributed by atoms with Crippen LogP contribution in [0.2, 0.25) is 0 Å². The second-order valence-corrected chi connectivity index (χ2v) is 14.4. The Morgan fingerprint density at radius 2 is 1.41 bits per heavy atom. The van der Waals surface area contributed by atoms with Gasteiger partial charge in [0.1, 0.15) is 5.82 Å². The second-order valence-electron chi connectivity index (χ2n) is 14.4. The maximum absolute atomic E-state index is 14.3. The minimum absolute atomic E-state index is 0.00897. The molecule has 3 amide bonds. The van der Waals surface area contributed by atoms with Crippen molar-refractivity contribution in [3.8, 4) is 0 Å². The summed E-state index contributed by atoms with van der Waals surface area (Å²) in [6.07, 6.45) is -10.4. The Labute approximate surface area is 290 Å². The number of piperidine rings is 1. The van der Waals surface area contributed by atoms with Gasteiger partial charge in [0.05, 0.1) is 28.7 Å². The number of likely N-dealkylation sites (tertiary alicyclic amines) is 1. The molecule has 0 aliphatic carbocycles. The Balaban J connectivity index is 1.78. The first-order valence-corrected chi connectivity index (χ1v) is 16.1. The minimum atomic E-state index is -5.11. The van der Waals surface area contributed by atoms with Crippen LogP contribution in [0.3, 0.4) is 0 Å². The van der Waals surface area contributed by atoms with Gasteiger partial charge in [-0.3, -0.25) is 9.69 Å². The molecule has 4 rings (SSSR count). The highest BCUT2D eigenvalue weighted by Gasteiger charge is 2.72. The Morgan fingerprint density at radius 3 is 1.88 bits per heavy atom. The molecule has 284 valence electrons. The lowest BCUT2D eigenvalue weighted by Gasteiger charge is -2.68. The van der Waals surface area contributed by atoms with Crippen LogP contribution in [0.5, 0.6) is 0 Å². The largest absolute Gasteiger partial charge is 0.416 e. The maximum Gasteiger partial charge on any atom is 0.416 e. The molecule has 10 nitrogen and oxygen atoms in total. The van der Waals surface area contributed by atoms with Crippen molar-refractivity contribution in [3.63, 3.8) is 0 Å². The SMILES string of the molecule is CC(=O)N1C(C)(C)C(C)(C)N(C2CCN(C(=O)N(C)C(C)c3cc(C(F)(F)F)cc(C(F)(F)F)c3)C(c3ccc(F)cc3C)C2)C(O)(O)C1(O)O. The molecule has 0 radical (unpaired) electrons. The van der Waals surface area contributed by atoms with Crippen molar-refractivity contribution in [1.29, 1.82) is 0 Å². The van der Waals surface area contributed by atoms with Crippen LogP contribution >= 0.6 is 0 Å². The molecule has 4 N–H and O–H groups in total. The second kappa shape index (κ2) is 12.9. The third-order valence-electron chi connectivity index (χ3n) is 10.8. The summed E-state index contributed by atoms with van der Waals surface area (Å²) >= 11 is 0. The molecule has 17 heteroatoms. The summed E-state index contributed by atoms with van der Waals surface area (Å²) in [6, 6.07) is 0.746. The molecule has 2 aliphatic rings. The van der Waals surface area contributed by atoms with Crippen molar-refractivity contribution >= 4 is 11.9 Å². The van der Waals surface area contributed by atoms with E-state index in [9.17, 15) is 60.7 Å². The summed E-state index contributed by atoms with van der Waals surface area (Å²) in [5.74, 6) is -8.47. The molecular weight excluding hydrogens is 693 g/mol. The van der Waals surface area contributed by atoms with Gasteiger partial charge in [0.2, 0.25) is 5.91 Å². The monoisotopic (exact) mass is 736 g/mol. The number of halogens is 7. The Kier molecular flexibility index (Phi) is 10.2. The fourth-order valence-electron chi connectivity index (χ4n) is 7.51. The van der Waals surface area contributed by atoms with Gasteiger partial charge in [-0.15, -0.1) is 0 Å². The summed E-state index contributed by atoms with van der Waals surface area (Å²) in [6.45, 7) is 9.82. The summed E-state index contributed by atoms with van der Waals surface area (Å²) in [5.41, 5.74) is -5.61. The zero-order valence-electron chi connectivity index (χ0n) is 29.4. The van der Waals surface area contributed by atoms with Gasteiger partial charge in [0, 0.05) is 32.1 Å². The van der Waals surface area contributed by atoms with Crippen molar-refractivity contribution in [2.45, 2.75) is 115 Å². The van der Waals surface area contributed by atoms with E-state index in [0.717, 1.165) is 22.8 Å². The molecule has 2 aliphatic heterocycles. The summed E-state index contributed by atoms with van der Waals surface area (Å²) in [4.78, 5) is 30.7. The number of hydrogen-bond donors (Lipinski definition) is 4. The smallest absolute Gasteiger partial charge is 0.347 e. The number of aliphatic hydroxyl groups is 4. The maximum atomic E-state index is 14.3. The van der Waals surface area contributed by atoms with Crippen LogP contribution in [-0.2, 0) is 17.1 Å². The number of rotatable bonds is 4. The van der Waals surface area contributed by atoms with Crippen LogP contribution in [0.15, 0.2) is 36.4 Å². The molecule has 51 heavy (non-hydrogen) atoms. The zero-order chi connectivity index (χ0) is 39.0. The third-order valence-corrected chi connectivity index (χ3v) is 10.8. The van der Waals surface area contributed by atoms with Crippen LogP contribution < -0.4 is 0 Å². The zero-order valence-corrected chi connectivity index (χ0v) is 29.4. The molecule has 2 aromatic carbocycles. The van der Waals surface area contributed by atoms with Gasteiger partial charge in [-0.2, -0.15) is 26.3 Å². The van der Waals surface area contributed by atoms with Crippen LogP contribution in [0.4, 0.5) is 35.5 Å². The van der Waals surface area contributed by atoms with Gasteiger partial charge >= 0.3 is 30.2 Å². The molecule has 3 atom stereocenters. The van der Waals surface area contributed by atoms with Gasteiger partial charge < -0.3 is 30.2 Å². The molecular formula is C34H43F7N4O6. The first kappa shape index (κ1) is 40.3. The number of nitrogens with zero attached hydrogens (tertiary/aromatic N) is 4. The lowest BCUT2D eigenvalue weighted by atomic mass is 9.73. The first-order chi connectivity index (χ1) is 23.0. The highest BCUT2D eigenvalue weighted by molar-refractivity contribution is 5.76. The lowest BCUT2D eigenvalue weighted by molar-refractivity contribution is -0.502. The number of urea groups is 1. The molecule has 0 spiro atoms. The van der Waals surface area contributed by atoms with Crippen LogP contribution in [-0.4, -0.2) is 94.5 Å². The number of hydrogen-bond acceptors (Lipinski definition) is 7. The molecule has 0 bridgehead atoms. The predicted octanol–water partition coefficient (Wildman–Crippen LogP) is 5.49. The fraction of sp³-hybridized carbons (Fsp3) is 0.588. The highest BCUT2D eigenvalue weighted by atomic mass is 19.4. The molecule has 2 aromatic rings. The van der Waals surface area contributed by atoms with Crippen molar-refractivity contribution in [1.82, 2.24) is 19.6 Å². The average molecular weight is 737 g/mol. The topological polar surface area (TPSA) is 128 Å². The fourth-order valence-corrected chi connectivity index (χ4v) is 7.51. The number of carbonyl (C=O) groups is 2. The van der Waals surface area contributed by atoms with E-state index in [1.807, 2.05) is 0 Å². The van der Waals surface area contributed by atoms with E-state index in [1.165, 1.54) is 44.9 Å². The van der Waals surface area contributed by atoms with Gasteiger partial charge in [0.25, 0.3) is 0 Å². The Bertz CT molecular complexity index is 1620. The molecule has 2 fully saturated rings. The van der Waals surface area contributed by atoms with Crippen LogP contribution in [0, 0.1) is 12.7 Å². The normalized spacial score (nSPS) is 23.9. The average Bonchev–Trinajstić information content (AvgIpc) is 2.97. The molecule has 2 heterocycles. The first-order valence-electron chi connectivity index (χ1n) is 16.1. The predicted molar refractivity (Wildman–Crippen MR) is 168 cm³/mol. The molecule has 2 saturated heterocycles. The van der Waals surface area contributed by atoms with Crippen molar-refractivity contribution < 1.29 is 60.7 Å². The van der Waals surface area contributed by atoms with E-state index < -0.39 is 87.8 Å². The lowest BCUT2D eigenvalue weighted by Crippen LogP contribution is -2.89.